The van der Waals surface area contributed by atoms with Crippen LogP contribution in [0, 0.1) is 11.3 Å². The Hall–Kier alpha value is -3.24. The van der Waals surface area contributed by atoms with E-state index in [9.17, 15) is 15.2 Å². The average molecular weight is 381 g/mol. The molecule has 0 aliphatic carbocycles. The Balaban J connectivity index is 2.28. The number of rotatable bonds is 5. The molecule has 1 aromatic rings. The van der Waals surface area contributed by atoms with Gasteiger partial charge in [0.15, 0.2) is 6.23 Å². The molecule has 7 nitrogen and oxygen atoms in total. The number of methoxy groups -OCH3 is 1. The molecule has 1 unspecified atom stereocenters. The summed E-state index contributed by atoms with van der Waals surface area (Å²) >= 11 is 0. The van der Waals surface area contributed by atoms with E-state index in [0.717, 1.165) is 16.8 Å². The average Bonchev–Trinajstić information content (AvgIpc) is 2.68. The van der Waals surface area contributed by atoms with Gasteiger partial charge in [-0.1, -0.05) is 6.07 Å². The number of carboxylic acids is 1. The minimum Gasteiger partial charge on any atom is -0.496 e. The van der Waals surface area contributed by atoms with Crippen LogP contribution in [-0.2, 0) is 9.53 Å². The molecule has 0 saturated heterocycles. The van der Waals surface area contributed by atoms with E-state index in [-0.39, 0.29) is 5.57 Å². The highest BCUT2D eigenvalue weighted by Crippen LogP contribution is 2.45. The molecule has 0 fully saturated rings. The highest BCUT2D eigenvalue weighted by Gasteiger charge is 2.40. The number of nitriles is 1. The van der Waals surface area contributed by atoms with Crippen molar-refractivity contribution in [1.29, 1.82) is 5.26 Å². The second-order valence-corrected chi connectivity index (χ2v) is 6.63. The molecule has 1 aromatic carbocycles. The van der Waals surface area contributed by atoms with Crippen molar-refractivity contribution in [2.24, 2.45) is 0 Å². The first kappa shape index (κ1) is 19.5. The molecular formula is C21H23N3O4. The van der Waals surface area contributed by atoms with Gasteiger partial charge >= 0.3 is 5.97 Å². The molecule has 0 amide bonds. The molecule has 7 heteroatoms. The van der Waals surface area contributed by atoms with E-state index in [1.54, 1.807) is 25.1 Å². The Labute approximate surface area is 164 Å². The molecule has 0 spiro atoms. The fourth-order valence-corrected chi connectivity index (χ4v) is 3.75. The number of carbonyl (C=O) groups is 1. The maximum atomic E-state index is 12.2. The second-order valence-electron chi connectivity index (χ2n) is 6.63. The van der Waals surface area contributed by atoms with Crippen LogP contribution in [-0.4, -0.2) is 31.0 Å². The van der Waals surface area contributed by atoms with Gasteiger partial charge in [0, 0.05) is 41.3 Å². The van der Waals surface area contributed by atoms with Crippen LogP contribution in [0.5, 0.6) is 5.75 Å². The number of hydrogen-bond acceptors (Lipinski definition) is 6. The maximum absolute atomic E-state index is 12.2. The molecular weight excluding hydrogens is 358 g/mol. The lowest BCUT2D eigenvalue weighted by Gasteiger charge is -2.38. The summed E-state index contributed by atoms with van der Waals surface area (Å²) in [6.07, 6.45) is 1.38. The van der Waals surface area contributed by atoms with Crippen LogP contribution in [0.3, 0.4) is 0 Å². The zero-order chi connectivity index (χ0) is 20.4. The number of allylic oxidation sites excluding steroid dienone is 2. The first-order valence-corrected chi connectivity index (χ1v) is 9.00. The van der Waals surface area contributed by atoms with Gasteiger partial charge in [-0.05, 0) is 38.5 Å². The van der Waals surface area contributed by atoms with Gasteiger partial charge in [0.1, 0.15) is 5.75 Å². The Kier molecular flexibility index (Phi) is 5.43. The summed E-state index contributed by atoms with van der Waals surface area (Å²) in [5.74, 6) is -1.15. The normalized spacial score (nSPS) is 21.2. The van der Waals surface area contributed by atoms with Crippen molar-refractivity contribution in [3.63, 3.8) is 0 Å². The molecule has 2 heterocycles. The second kappa shape index (κ2) is 7.79. The van der Waals surface area contributed by atoms with E-state index in [0.29, 0.717) is 29.2 Å². The molecule has 0 saturated carbocycles. The summed E-state index contributed by atoms with van der Waals surface area (Å²) < 4.78 is 11.4. The van der Waals surface area contributed by atoms with Gasteiger partial charge in [0.05, 0.1) is 24.3 Å². The monoisotopic (exact) mass is 381 g/mol. The number of benzene rings is 1. The third-order valence-corrected chi connectivity index (χ3v) is 4.97. The van der Waals surface area contributed by atoms with Crippen LogP contribution < -0.4 is 15.4 Å². The van der Waals surface area contributed by atoms with Crippen molar-refractivity contribution in [2.75, 3.05) is 13.7 Å². The fraction of sp³-hybridized carbons (Fsp3) is 0.333. The molecule has 3 N–H and O–H groups in total. The van der Waals surface area contributed by atoms with E-state index >= 15 is 0 Å². The Morgan fingerprint density at radius 3 is 2.71 bits per heavy atom. The number of nitrogens with zero attached hydrogens (tertiary/aromatic N) is 1. The van der Waals surface area contributed by atoms with Gasteiger partial charge in [-0.3, -0.25) is 0 Å². The molecule has 146 valence electrons. The predicted octanol–water partition coefficient (Wildman–Crippen LogP) is 2.74. The van der Waals surface area contributed by atoms with Crippen molar-refractivity contribution < 1.29 is 19.4 Å². The van der Waals surface area contributed by atoms with Crippen LogP contribution >= 0.6 is 0 Å². The van der Waals surface area contributed by atoms with Crippen molar-refractivity contribution in [2.45, 2.75) is 32.9 Å². The lowest BCUT2D eigenvalue weighted by molar-refractivity contribution is -0.133. The first-order valence-electron chi connectivity index (χ1n) is 9.00. The number of aliphatic carboxylic acids is 1. The quantitative estimate of drug-likeness (QED) is 0.720. The first-order chi connectivity index (χ1) is 13.4. The van der Waals surface area contributed by atoms with Gasteiger partial charge in [0.2, 0.25) is 0 Å². The van der Waals surface area contributed by atoms with Crippen molar-refractivity contribution in [3.8, 4) is 11.8 Å². The fourth-order valence-electron chi connectivity index (χ4n) is 3.75. The molecule has 0 radical (unpaired) electrons. The van der Waals surface area contributed by atoms with Crippen molar-refractivity contribution in [3.05, 3.63) is 63.6 Å². The topological polar surface area (TPSA) is 104 Å². The van der Waals surface area contributed by atoms with Crippen LogP contribution in [0.4, 0.5) is 0 Å². The molecule has 2 aliphatic heterocycles. The zero-order valence-electron chi connectivity index (χ0n) is 16.3. The summed E-state index contributed by atoms with van der Waals surface area (Å²) in [5, 5.41) is 25.7. The van der Waals surface area contributed by atoms with E-state index in [4.69, 9.17) is 9.47 Å². The standard InChI is InChI=1S/C21H23N3O4/c1-5-28-20-18-17(14-7-6-13(9-22)8-15(14)27-4)16(21(25)26)12(3)24-19(18)11(2)10-23-20/h6-8,10,17,20,23-24H,5H2,1-4H3,(H,25,26)/t17-,20?/m1/s1. The van der Waals surface area contributed by atoms with Gasteiger partial charge in [-0.25, -0.2) is 4.79 Å². The minimum absolute atomic E-state index is 0.225. The summed E-state index contributed by atoms with van der Waals surface area (Å²) in [6.45, 7) is 6.05. The van der Waals surface area contributed by atoms with Gasteiger partial charge in [-0.15, -0.1) is 0 Å². The third-order valence-electron chi connectivity index (χ3n) is 4.97. The number of hydrogen-bond donors (Lipinski definition) is 3. The minimum atomic E-state index is -1.02. The maximum Gasteiger partial charge on any atom is 0.334 e. The van der Waals surface area contributed by atoms with Crippen molar-refractivity contribution >= 4 is 5.97 Å². The van der Waals surface area contributed by atoms with Crippen LogP contribution in [0.25, 0.3) is 0 Å². The van der Waals surface area contributed by atoms with E-state index in [1.165, 1.54) is 7.11 Å². The molecule has 28 heavy (non-hydrogen) atoms. The Bertz CT molecular complexity index is 953. The SMILES string of the molecule is CCOC1NC=C(C)C2=C1[C@H](c1ccc(C#N)cc1OC)C(C(=O)O)=C(C)N2. The lowest BCUT2D eigenvalue weighted by atomic mass is 9.77. The molecule has 2 atom stereocenters. The van der Waals surface area contributed by atoms with Gasteiger partial charge in [-0.2, -0.15) is 5.26 Å². The number of nitrogens with one attached hydrogen (secondary N) is 2. The smallest absolute Gasteiger partial charge is 0.334 e. The summed E-state index contributed by atoms with van der Waals surface area (Å²) in [5.41, 5.74) is 4.49. The molecule has 0 bridgehead atoms. The Morgan fingerprint density at radius 2 is 2.11 bits per heavy atom. The van der Waals surface area contributed by atoms with Gasteiger partial charge < -0.3 is 25.2 Å². The van der Waals surface area contributed by atoms with E-state index < -0.39 is 18.1 Å². The van der Waals surface area contributed by atoms with Crippen molar-refractivity contribution in [1.82, 2.24) is 10.6 Å². The highest BCUT2D eigenvalue weighted by atomic mass is 16.5. The lowest BCUT2D eigenvalue weighted by Crippen LogP contribution is -2.42. The molecule has 3 rings (SSSR count). The molecule has 0 aromatic heterocycles. The highest BCUT2D eigenvalue weighted by molar-refractivity contribution is 5.91. The summed E-state index contributed by atoms with van der Waals surface area (Å²) in [7, 11) is 1.51. The third kappa shape index (κ3) is 3.23. The number of carboxylic acid groups (broad SMARTS) is 1. The largest absolute Gasteiger partial charge is 0.496 e. The predicted molar refractivity (Wildman–Crippen MR) is 103 cm³/mol. The summed E-state index contributed by atoms with van der Waals surface area (Å²) in [6, 6.07) is 7.14. The molecule has 2 aliphatic rings. The van der Waals surface area contributed by atoms with Crippen LogP contribution in [0.2, 0.25) is 0 Å². The van der Waals surface area contributed by atoms with E-state index in [1.807, 2.05) is 20.0 Å². The van der Waals surface area contributed by atoms with Gasteiger partial charge in [0.25, 0.3) is 0 Å². The Morgan fingerprint density at radius 1 is 1.36 bits per heavy atom. The number of dihydropyridines is 2. The number of ether oxygens (including phenoxy) is 2. The van der Waals surface area contributed by atoms with Crippen LogP contribution in [0.15, 0.2) is 52.5 Å². The zero-order valence-corrected chi connectivity index (χ0v) is 16.3. The summed E-state index contributed by atoms with van der Waals surface area (Å²) in [4.78, 5) is 12.2. The van der Waals surface area contributed by atoms with Crippen LogP contribution in [0.1, 0.15) is 37.8 Å². The van der Waals surface area contributed by atoms with E-state index in [2.05, 4.69) is 16.7 Å².